The summed E-state index contributed by atoms with van der Waals surface area (Å²) in [4.78, 5) is 15.6. The van der Waals surface area contributed by atoms with Crippen molar-refractivity contribution in [3.05, 3.63) is 21.9 Å². The van der Waals surface area contributed by atoms with Gasteiger partial charge in [-0.3, -0.25) is 4.79 Å². The van der Waals surface area contributed by atoms with E-state index in [4.69, 9.17) is 5.26 Å². The van der Waals surface area contributed by atoms with Gasteiger partial charge in [0, 0.05) is 19.1 Å². The monoisotopic (exact) mass is 247 g/mol. The van der Waals surface area contributed by atoms with Gasteiger partial charge in [-0.2, -0.15) is 5.26 Å². The van der Waals surface area contributed by atoms with E-state index in [0.717, 1.165) is 13.1 Å². The Morgan fingerprint density at radius 2 is 2.41 bits per heavy atom. The Morgan fingerprint density at radius 3 is 3.00 bits per heavy atom. The van der Waals surface area contributed by atoms with Crippen LogP contribution in [0.15, 0.2) is 12.1 Å². The summed E-state index contributed by atoms with van der Waals surface area (Å²) in [6, 6.07) is 5.77. The van der Waals surface area contributed by atoms with Crippen molar-refractivity contribution in [2.45, 2.75) is 12.5 Å². The van der Waals surface area contributed by atoms with Crippen LogP contribution in [0.25, 0.3) is 0 Å². The molecule has 1 N–H and O–H groups in total. The number of fused-ring (bicyclic) bond motifs is 2. The summed E-state index contributed by atoms with van der Waals surface area (Å²) in [7, 11) is 0. The maximum atomic E-state index is 12.0. The summed E-state index contributed by atoms with van der Waals surface area (Å²) >= 11 is 1.26. The predicted octanol–water partition coefficient (Wildman–Crippen LogP) is 1.05. The first-order chi connectivity index (χ1) is 8.26. The Morgan fingerprint density at radius 1 is 1.53 bits per heavy atom. The minimum Gasteiger partial charge on any atom is -0.347 e. The summed E-state index contributed by atoms with van der Waals surface area (Å²) in [6.45, 7) is 3.28. The minimum absolute atomic E-state index is 0.0322. The molecule has 3 rings (SSSR count). The fourth-order valence-corrected chi connectivity index (χ4v) is 3.41. The number of carbonyl (C=O) groups excluding carboxylic acids is 1. The van der Waals surface area contributed by atoms with Crippen LogP contribution in [0.4, 0.5) is 0 Å². The molecule has 1 amide bonds. The second-order valence-corrected chi connectivity index (χ2v) is 5.75. The molecular formula is C12H13N3OS. The van der Waals surface area contributed by atoms with Crippen molar-refractivity contribution in [2.24, 2.45) is 5.92 Å². The van der Waals surface area contributed by atoms with Crippen molar-refractivity contribution in [1.82, 2.24) is 10.2 Å². The number of nitriles is 1. The molecule has 2 aliphatic heterocycles. The van der Waals surface area contributed by atoms with Crippen LogP contribution in [0.3, 0.4) is 0 Å². The zero-order chi connectivity index (χ0) is 11.8. The zero-order valence-electron chi connectivity index (χ0n) is 9.35. The number of hydrogen-bond acceptors (Lipinski definition) is 4. The van der Waals surface area contributed by atoms with Crippen LogP contribution >= 0.6 is 11.3 Å². The van der Waals surface area contributed by atoms with Gasteiger partial charge in [0.25, 0.3) is 5.91 Å². The van der Waals surface area contributed by atoms with Gasteiger partial charge in [0.15, 0.2) is 0 Å². The van der Waals surface area contributed by atoms with Crippen LogP contribution in [-0.2, 0) is 0 Å². The molecule has 17 heavy (non-hydrogen) atoms. The van der Waals surface area contributed by atoms with Gasteiger partial charge >= 0.3 is 0 Å². The smallest absolute Gasteiger partial charge is 0.261 e. The SMILES string of the molecule is N#Cc1ccc(C(=O)NC2CN3CCC2C3)s1. The minimum atomic E-state index is -0.0322. The van der Waals surface area contributed by atoms with Gasteiger partial charge in [0.2, 0.25) is 0 Å². The molecule has 5 heteroatoms. The van der Waals surface area contributed by atoms with Gasteiger partial charge in [0.1, 0.15) is 10.9 Å². The normalized spacial score (nSPS) is 30.2. The van der Waals surface area contributed by atoms with Gasteiger partial charge in [-0.1, -0.05) is 0 Å². The van der Waals surface area contributed by atoms with Crippen LogP contribution in [0.5, 0.6) is 0 Å². The highest BCUT2D eigenvalue weighted by molar-refractivity contribution is 7.14. The van der Waals surface area contributed by atoms with E-state index in [1.807, 2.05) is 0 Å². The summed E-state index contributed by atoms with van der Waals surface area (Å²) in [5.74, 6) is 0.588. The molecule has 0 aliphatic carbocycles. The third-order valence-electron chi connectivity index (χ3n) is 3.59. The first-order valence-electron chi connectivity index (χ1n) is 5.79. The first kappa shape index (κ1) is 10.8. The summed E-state index contributed by atoms with van der Waals surface area (Å²) in [6.07, 6.45) is 1.19. The lowest BCUT2D eigenvalue weighted by Gasteiger charge is -2.22. The molecule has 0 saturated carbocycles. The highest BCUT2D eigenvalue weighted by atomic mass is 32.1. The summed E-state index contributed by atoms with van der Waals surface area (Å²) in [5, 5.41) is 11.8. The van der Waals surface area contributed by atoms with E-state index in [1.54, 1.807) is 12.1 Å². The Hall–Kier alpha value is -1.38. The largest absolute Gasteiger partial charge is 0.347 e. The van der Waals surface area contributed by atoms with Crippen molar-refractivity contribution in [2.75, 3.05) is 19.6 Å². The number of hydrogen-bond donors (Lipinski definition) is 1. The van der Waals surface area contributed by atoms with Crippen molar-refractivity contribution >= 4 is 17.2 Å². The molecule has 1 aromatic heterocycles. The maximum Gasteiger partial charge on any atom is 0.261 e. The van der Waals surface area contributed by atoms with E-state index in [0.29, 0.717) is 21.7 Å². The van der Waals surface area contributed by atoms with Crippen molar-refractivity contribution in [3.63, 3.8) is 0 Å². The molecular weight excluding hydrogens is 234 g/mol. The number of rotatable bonds is 2. The molecule has 3 unspecified atom stereocenters. The molecule has 2 bridgehead atoms. The Kier molecular flexibility index (Phi) is 2.61. The lowest BCUT2D eigenvalue weighted by atomic mass is 10.00. The number of nitrogens with one attached hydrogen (secondary N) is 1. The third kappa shape index (κ3) is 1.94. The number of carbonyl (C=O) groups is 1. The van der Waals surface area contributed by atoms with Gasteiger partial charge in [-0.25, -0.2) is 0 Å². The van der Waals surface area contributed by atoms with Crippen LogP contribution < -0.4 is 5.32 Å². The molecule has 0 aromatic carbocycles. The quantitative estimate of drug-likeness (QED) is 0.850. The second-order valence-electron chi connectivity index (χ2n) is 4.66. The van der Waals surface area contributed by atoms with Gasteiger partial charge in [0.05, 0.1) is 4.88 Å². The number of nitrogens with zero attached hydrogens (tertiary/aromatic N) is 2. The molecule has 4 nitrogen and oxygen atoms in total. The van der Waals surface area contributed by atoms with Crippen LogP contribution in [0.1, 0.15) is 21.0 Å². The second kappa shape index (κ2) is 4.13. The highest BCUT2D eigenvalue weighted by Crippen LogP contribution is 2.28. The van der Waals surface area contributed by atoms with Gasteiger partial charge in [-0.05, 0) is 31.0 Å². The molecule has 0 spiro atoms. The molecule has 2 aliphatic rings. The average Bonchev–Trinajstić information content (AvgIpc) is 3.04. The Bertz CT molecular complexity index is 490. The van der Waals surface area contributed by atoms with Crippen molar-refractivity contribution in [1.29, 1.82) is 5.26 Å². The fraction of sp³-hybridized carbons (Fsp3) is 0.500. The van der Waals surface area contributed by atoms with Gasteiger partial charge in [-0.15, -0.1) is 11.3 Å². The highest BCUT2D eigenvalue weighted by Gasteiger charge is 2.38. The summed E-state index contributed by atoms with van der Waals surface area (Å²) < 4.78 is 0. The molecule has 3 heterocycles. The molecule has 0 radical (unpaired) electrons. The Balaban J connectivity index is 1.66. The summed E-state index contributed by atoms with van der Waals surface area (Å²) in [5.41, 5.74) is 0. The molecule has 1 aromatic rings. The maximum absolute atomic E-state index is 12.0. The average molecular weight is 247 g/mol. The van der Waals surface area contributed by atoms with Crippen molar-refractivity contribution < 1.29 is 4.79 Å². The Labute approximate surface area is 104 Å². The van der Waals surface area contributed by atoms with E-state index in [9.17, 15) is 4.79 Å². The predicted molar refractivity (Wildman–Crippen MR) is 64.8 cm³/mol. The lowest BCUT2D eigenvalue weighted by molar-refractivity contribution is 0.0928. The molecule has 3 atom stereocenters. The van der Waals surface area contributed by atoms with Gasteiger partial charge < -0.3 is 10.2 Å². The number of thiophene rings is 1. The van der Waals surface area contributed by atoms with Crippen LogP contribution in [-0.4, -0.2) is 36.5 Å². The standard InChI is InChI=1S/C12H13N3OS/c13-5-9-1-2-11(17-9)12(16)14-10-7-15-4-3-8(10)6-15/h1-2,8,10H,3-4,6-7H2,(H,14,16). The van der Waals surface area contributed by atoms with E-state index in [-0.39, 0.29) is 5.91 Å². The van der Waals surface area contributed by atoms with Crippen LogP contribution in [0, 0.1) is 17.2 Å². The van der Waals surface area contributed by atoms with Crippen LogP contribution in [0.2, 0.25) is 0 Å². The number of piperidine rings is 1. The van der Waals surface area contributed by atoms with E-state index < -0.39 is 0 Å². The molecule has 88 valence electrons. The van der Waals surface area contributed by atoms with Crippen molar-refractivity contribution in [3.8, 4) is 6.07 Å². The fourth-order valence-electron chi connectivity index (χ4n) is 2.71. The zero-order valence-corrected chi connectivity index (χ0v) is 10.2. The third-order valence-corrected chi connectivity index (χ3v) is 4.58. The van der Waals surface area contributed by atoms with E-state index in [1.165, 1.54) is 24.3 Å². The lowest BCUT2D eigenvalue weighted by Crippen LogP contribution is -2.42. The molecule has 2 saturated heterocycles. The van der Waals surface area contributed by atoms with E-state index >= 15 is 0 Å². The number of amides is 1. The van der Waals surface area contributed by atoms with E-state index in [2.05, 4.69) is 16.3 Å². The first-order valence-corrected chi connectivity index (χ1v) is 6.61. The topological polar surface area (TPSA) is 56.1 Å². The molecule has 2 fully saturated rings.